The van der Waals surface area contributed by atoms with E-state index in [0.717, 1.165) is 11.1 Å². The maximum atomic E-state index is 15.6. The summed E-state index contributed by atoms with van der Waals surface area (Å²) in [6.07, 6.45) is 3.50. The van der Waals surface area contributed by atoms with Gasteiger partial charge in [0.05, 0.1) is 29.9 Å². The SMILES string of the molecule is CC1=CC(OCc2ncc(F)cc2F)C(F)(Cl)C(=O)N1c1cc(-c2ccnc(C(C)(C)O)n2)ncc1C. The van der Waals surface area contributed by atoms with E-state index in [9.17, 15) is 18.7 Å². The molecule has 3 aromatic rings. The van der Waals surface area contributed by atoms with Crippen molar-refractivity contribution < 1.29 is 27.8 Å². The van der Waals surface area contributed by atoms with Crippen LogP contribution in [0.2, 0.25) is 0 Å². The fourth-order valence-electron chi connectivity index (χ4n) is 3.69. The van der Waals surface area contributed by atoms with Crippen molar-refractivity contribution >= 4 is 23.2 Å². The van der Waals surface area contributed by atoms with E-state index in [1.165, 1.54) is 18.5 Å². The first-order valence-corrected chi connectivity index (χ1v) is 11.5. The molecule has 0 radical (unpaired) electrons. The Morgan fingerprint density at radius 3 is 2.57 bits per heavy atom. The molecule has 0 aromatic carbocycles. The lowest BCUT2D eigenvalue weighted by Crippen LogP contribution is -2.53. The summed E-state index contributed by atoms with van der Waals surface area (Å²) in [6.45, 7) is 5.80. The molecule has 194 valence electrons. The third kappa shape index (κ3) is 5.34. The number of alkyl halides is 2. The van der Waals surface area contributed by atoms with E-state index in [2.05, 4.69) is 19.9 Å². The van der Waals surface area contributed by atoms with Gasteiger partial charge in [-0.05, 0) is 51.5 Å². The molecule has 0 aliphatic carbocycles. The van der Waals surface area contributed by atoms with Gasteiger partial charge in [0, 0.05) is 24.2 Å². The summed E-state index contributed by atoms with van der Waals surface area (Å²) in [6, 6.07) is 3.76. The quantitative estimate of drug-likeness (QED) is 0.466. The van der Waals surface area contributed by atoms with Gasteiger partial charge in [0.2, 0.25) is 0 Å². The molecule has 1 amide bonds. The average Bonchev–Trinajstić information content (AvgIpc) is 2.82. The molecule has 0 bridgehead atoms. The minimum atomic E-state index is -3.03. The van der Waals surface area contributed by atoms with Gasteiger partial charge in [0.1, 0.15) is 29.0 Å². The molecule has 1 aliphatic rings. The highest BCUT2D eigenvalue weighted by molar-refractivity contribution is 6.37. The number of aliphatic hydroxyl groups is 1. The molecule has 12 heteroatoms. The molecule has 0 saturated heterocycles. The Morgan fingerprint density at radius 1 is 1.16 bits per heavy atom. The molecule has 0 saturated carbocycles. The molecule has 2 unspecified atom stereocenters. The number of carbonyl (C=O) groups is 1. The van der Waals surface area contributed by atoms with Crippen molar-refractivity contribution in [2.24, 2.45) is 0 Å². The van der Waals surface area contributed by atoms with Crippen molar-refractivity contribution in [1.29, 1.82) is 0 Å². The van der Waals surface area contributed by atoms with Crippen LogP contribution in [-0.2, 0) is 21.7 Å². The summed E-state index contributed by atoms with van der Waals surface area (Å²) in [4.78, 5) is 30.7. The fraction of sp³-hybridized carbons (Fsp3) is 0.320. The molecule has 1 aliphatic heterocycles. The minimum Gasteiger partial charge on any atom is -0.382 e. The predicted octanol–water partition coefficient (Wildman–Crippen LogP) is 4.49. The van der Waals surface area contributed by atoms with Crippen LogP contribution < -0.4 is 4.90 Å². The lowest BCUT2D eigenvalue weighted by atomic mass is 10.0. The number of amides is 1. The van der Waals surface area contributed by atoms with Crippen LogP contribution in [0, 0.1) is 18.6 Å². The van der Waals surface area contributed by atoms with Crippen LogP contribution in [0.1, 0.15) is 37.9 Å². The molecule has 37 heavy (non-hydrogen) atoms. The number of pyridine rings is 2. The van der Waals surface area contributed by atoms with Gasteiger partial charge >= 0.3 is 0 Å². The highest BCUT2D eigenvalue weighted by atomic mass is 35.5. The maximum absolute atomic E-state index is 15.6. The van der Waals surface area contributed by atoms with Gasteiger partial charge in [0.15, 0.2) is 5.82 Å². The van der Waals surface area contributed by atoms with Crippen LogP contribution in [0.3, 0.4) is 0 Å². The van der Waals surface area contributed by atoms with E-state index in [1.54, 1.807) is 39.8 Å². The van der Waals surface area contributed by atoms with E-state index >= 15 is 4.39 Å². The van der Waals surface area contributed by atoms with Gasteiger partial charge in [-0.1, -0.05) is 11.6 Å². The van der Waals surface area contributed by atoms with Crippen molar-refractivity contribution in [1.82, 2.24) is 19.9 Å². The number of aromatic nitrogens is 4. The largest absolute Gasteiger partial charge is 0.382 e. The zero-order chi connectivity index (χ0) is 27.1. The number of hydrogen-bond donors (Lipinski definition) is 1. The molecule has 4 rings (SSSR count). The number of hydrogen-bond acceptors (Lipinski definition) is 7. The Bertz CT molecular complexity index is 1390. The molecule has 2 atom stereocenters. The summed E-state index contributed by atoms with van der Waals surface area (Å²) in [7, 11) is 0. The lowest BCUT2D eigenvalue weighted by Gasteiger charge is -2.37. The van der Waals surface area contributed by atoms with Gasteiger partial charge in [-0.2, -0.15) is 0 Å². The molecule has 0 fully saturated rings. The summed E-state index contributed by atoms with van der Waals surface area (Å²) >= 11 is 6.04. The second-order valence-corrected chi connectivity index (χ2v) is 9.62. The number of aryl methyl sites for hydroxylation is 1. The Kier molecular flexibility index (Phi) is 7.06. The van der Waals surface area contributed by atoms with E-state index in [-0.39, 0.29) is 11.5 Å². The van der Waals surface area contributed by atoms with Gasteiger partial charge in [0.25, 0.3) is 11.0 Å². The maximum Gasteiger partial charge on any atom is 0.291 e. The van der Waals surface area contributed by atoms with E-state index in [0.29, 0.717) is 34.4 Å². The van der Waals surface area contributed by atoms with E-state index < -0.39 is 41.0 Å². The Hall–Kier alpha value is -3.41. The number of carbonyl (C=O) groups excluding carboxylic acids is 1. The molecule has 0 spiro atoms. The Balaban J connectivity index is 1.66. The van der Waals surface area contributed by atoms with Crippen molar-refractivity contribution in [2.45, 2.75) is 51.1 Å². The van der Waals surface area contributed by atoms with Gasteiger partial charge in [-0.3, -0.25) is 19.7 Å². The average molecular weight is 534 g/mol. The number of nitrogens with zero attached hydrogens (tertiary/aromatic N) is 5. The summed E-state index contributed by atoms with van der Waals surface area (Å²) in [5.41, 5.74) is 0.331. The first kappa shape index (κ1) is 26.6. The van der Waals surface area contributed by atoms with Crippen LogP contribution in [-0.4, -0.2) is 42.2 Å². The predicted molar refractivity (Wildman–Crippen MR) is 129 cm³/mol. The van der Waals surface area contributed by atoms with Crippen molar-refractivity contribution in [3.8, 4) is 11.4 Å². The number of halogens is 4. The molecule has 4 heterocycles. The summed E-state index contributed by atoms with van der Waals surface area (Å²) in [5, 5.41) is 7.21. The molecule has 1 N–H and O–H groups in total. The van der Waals surface area contributed by atoms with Gasteiger partial charge in [-0.15, -0.1) is 0 Å². The highest BCUT2D eigenvalue weighted by Crippen LogP contribution is 2.39. The van der Waals surface area contributed by atoms with Gasteiger partial charge in [-0.25, -0.2) is 23.1 Å². The Morgan fingerprint density at radius 2 is 1.89 bits per heavy atom. The van der Waals surface area contributed by atoms with Crippen molar-refractivity contribution in [3.63, 3.8) is 0 Å². The highest BCUT2D eigenvalue weighted by Gasteiger charge is 2.51. The fourth-order valence-corrected chi connectivity index (χ4v) is 3.90. The third-order valence-electron chi connectivity index (χ3n) is 5.66. The third-order valence-corrected chi connectivity index (χ3v) is 6.03. The van der Waals surface area contributed by atoms with E-state index in [1.807, 2.05) is 0 Å². The normalized spacial score (nSPS) is 20.2. The van der Waals surface area contributed by atoms with Gasteiger partial charge < -0.3 is 9.84 Å². The first-order valence-electron chi connectivity index (χ1n) is 11.1. The van der Waals surface area contributed by atoms with Crippen molar-refractivity contribution in [2.75, 3.05) is 4.90 Å². The van der Waals surface area contributed by atoms with E-state index in [4.69, 9.17) is 16.3 Å². The second-order valence-electron chi connectivity index (χ2n) is 9.07. The number of anilines is 1. The Labute approximate surface area is 215 Å². The zero-order valence-electron chi connectivity index (χ0n) is 20.3. The first-order chi connectivity index (χ1) is 17.3. The van der Waals surface area contributed by atoms with Crippen LogP contribution >= 0.6 is 11.6 Å². The topological polar surface area (TPSA) is 101 Å². The number of allylic oxidation sites excluding steroid dienone is 1. The molecular weight excluding hydrogens is 511 g/mol. The smallest absolute Gasteiger partial charge is 0.291 e. The second kappa shape index (κ2) is 9.81. The standard InChI is InChI=1S/C25H23ClF3N5O3/c1-13-10-31-18(17-5-6-30-22(33-17)24(3,4)36)9-20(13)34-14(2)7-21(25(26,29)23(34)35)37-12-19-16(28)8-15(27)11-32-19/h5-11,21,36H,12H2,1-4H3. The molecule has 3 aromatic heterocycles. The summed E-state index contributed by atoms with van der Waals surface area (Å²) < 4.78 is 48.0. The van der Waals surface area contributed by atoms with Crippen LogP contribution in [0.15, 0.2) is 48.6 Å². The molecule has 8 nitrogen and oxygen atoms in total. The monoisotopic (exact) mass is 533 g/mol. The number of rotatable bonds is 6. The van der Waals surface area contributed by atoms with Crippen LogP contribution in [0.4, 0.5) is 18.9 Å². The van der Waals surface area contributed by atoms with Crippen molar-refractivity contribution in [3.05, 3.63) is 77.3 Å². The zero-order valence-corrected chi connectivity index (χ0v) is 21.1. The van der Waals surface area contributed by atoms with Crippen LogP contribution in [0.5, 0.6) is 0 Å². The van der Waals surface area contributed by atoms with Crippen LogP contribution in [0.25, 0.3) is 11.4 Å². The summed E-state index contributed by atoms with van der Waals surface area (Å²) in [5.74, 6) is -2.79. The lowest BCUT2D eigenvalue weighted by molar-refractivity contribution is -0.132. The minimum absolute atomic E-state index is 0.176. The molecular formula is C25H23ClF3N5O3. The number of ether oxygens (including phenoxy) is 1.